The van der Waals surface area contributed by atoms with E-state index in [0.717, 1.165) is 0 Å². The molecule has 16 N–H and O–H groups in total. The van der Waals surface area contributed by atoms with Crippen LogP contribution in [0.2, 0.25) is 0 Å². The van der Waals surface area contributed by atoms with E-state index in [4.69, 9.17) is 17.2 Å². The fourth-order valence-electron chi connectivity index (χ4n) is 5.80. The number of aliphatic hydroxyl groups is 1. The maximum atomic E-state index is 13.2. The van der Waals surface area contributed by atoms with Crippen molar-refractivity contribution < 1.29 is 58.8 Å². The zero-order chi connectivity index (χ0) is 44.2. The average molecular weight is 824 g/mol. The van der Waals surface area contributed by atoms with E-state index < -0.39 is 115 Å². The van der Waals surface area contributed by atoms with Gasteiger partial charge in [-0.05, 0) is 77.7 Å². The minimum absolute atomic E-state index is 0.0356. The van der Waals surface area contributed by atoms with Gasteiger partial charge in [0.2, 0.25) is 35.4 Å². The van der Waals surface area contributed by atoms with Crippen LogP contribution in [-0.2, 0) is 38.4 Å². The molecule has 58 heavy (non-hydrogen) atoms. The Morgan fingerprint density at radius 1 is 0.638 bits per heavy atom. The largest absolute Gasteiger partial charge is 0.508 e. The first kappa shape index (κ1) is 50.6. The molecule has 0 radical (unpaired) electrons. The molecule has 5 atom stereocenters. The number of phenolic OH excluding ortho intramolecular Hbond substituents is 1. The number of hydrogen-bond acceptors (Lipinski definition) is 13. The first-order valence-electron chi connectivity index (χ1n) is 18.8. The number of carbonyl (C=O) groups excluding carboxylic acids is 6. The van der Waals surface area contributed by atoms with Gasteiger partial charge in [-0.25, -0.2) is 0 Å². The minimum Gasteiger partial charge on any atom is -0.508 e. The molecule has 1 aromatic carbocycles. The van der Waals surface area contributed by atoms with Gasteiger partial charge in [0.1, 0.15) is 18.0 Å². The van der Waals surface area contributed by atoms with E-state index in [-0.39, 0.29) is 50.9 Å². The molecule has 0 unspecified atom stereocenters. The van der Waals surface area contributed by atoms with Crippen LogP contribution in [0.15, 0.2) is 24.3 Å². The van der Waals surface area contributed by atoms with Gasteiger partial charge >= 0.3 is 11.9 Å². The molecule has 1 rings (SSSR count). The monoisotopic (exact) mass is 823 g/mol. The summed E-state index contributed by atoms with van der Waals surface area (Å²) >= 11 is 0. The number of carboxylic acids is 2. The first-order chi connectivity index (χ1) is 26.9. The van der Waals surface area contributed by atoms with Crippen molar-refractivity contribution in [3.8, 4) is 5.75 Å². The number of nitrogens with two attached hydrogens (primary N) is 3. The third kappa shape index (κ3) is 22.4. The van der Waals surface area contributed by atoms with Crippen LogP contribution in [-0.4, -0.2) is 116 Å². The third-order valence-corrected chi connectivity index (χ3v) is 8.29. The van der Waals surface area contributed by atoms with Crippen molar-refractivity contribution >= 4 is 47.4 Å². The van der Waals surface area contributed by atoms with Crippen LogP contribution in [0, 0.1) is 0 Å². The third-order valence-electron chi connectivity index (χ3n) is 8.29. The predicted octanol–water partition coefficient (Wildman–Crippen LogP) is -1.94. The molecule has 0 aliphatic heterocycles. The quantitative estimate of drug-likeness (QED) is 0.0429. The Morgan fingerprint density at radius 2 is 1.16 bits per heavy atom. The molecular weight excluding hydrogens is 762 g/mol. The van der Waals surface area contributed by atoms with Gasteiger partial charge in [0.05, 0.1) is 25.3 Å². The zero-order valence-corrected chi connectivity index (χ0v) is 33.5. The molecule has 21 heteroatoms. The molecule has 0 spiro atoms. The van der Waals surface area contributed by atoms with Crippen molar-refractivity contribution in [1.29, 1.82) is 0 Å². The number of benzene rings is 1. The Balaban J connectivity index is 2.82. The van der Waals surface area contributed by atoms with E-state index in [1.54, 1.807) is 13.8 Å². The Labute approximate surface area is 337 Å². The normalized spacial score (nSPS) is 14.1. The molecule has 0 saturated carbocycles. The number of hydrogen-bond donors (Lipinski definition) is 13. The van der Waals surface area contributed by atoms with Gasteiger partial charge in [-0.3, -0.25) is 38.4 Å². The lowest BCUT2D eigenvalue weighted by atomic mass is 9.98. The second-order valence-electron chi connectivity index (χ2n) is 15.5. The summed E-state index contributed by atoms with van der Waals surface area (Å²) in [5.41, 5.74) is 15.4. The fraction of sp³-hybridized carbons (Fsp3) is 0.622. The van der Waals surface area contributed by atoms with Gasteiger partial charge in [0.25, 0.3) is 0 Å². The van der Waals surface area contributed by atoms with Crippen molar-refractivity contribution in [2.24, 2.45) is 17.2 Å². The Bertz CT molecular complexity index is 1570. The van der Waals surface area contributed by atoms with Crippen molar-refractivity contribution in [3.05, 3.63) is 29.8 Å². The molecule has 0 fully saturated rings. The van der Waals surface area contributed by atoms with Gasteiger partial charge in [0, 0.05) is 48.8 Å². The van der Waals surface area contributed by atoms with Crippen LogP contribution >= 0.6 is 0 Å². The molecule has 0 aliphatic carbocycles. The van der Waals surface area contributed by atoms with Gasteiger partial charge in [-0.15, -0.1) is 0 Å². The van der Waals surface area contributed by atoms with Gasteiger partial charge in [-0.1, -0.05) is 12.1 Å². The molecule has 0 aromatic heterocycles. The standard InChI is InChI=1S/C37H61N9O12/c1-36(2,40)19-31(52)42-23(11-13-39)15-28(49)44-26(17-34(56)57)35(58)46-37(3,4)20-32(53)45-30(51)18-29(50)41-22(6-5-12-38)14-27(48)43-25(16-33(54)55)21-7-9-24(47)10-8-21/h7-10,22-23,25-26,30,47,51H,5-6,11-20,38-40H2,1-4H3,(H,41,50)(H,42,52)(H,43,48)(H,44,49)(H,45,53)(H,46,58)(H,54,55)(H,56,57)/t22-,23-,25+,26+,30+/m0/s1. The average Bonchev–Trinajstić information content (AvgIpc) is 3.04. The molecule has 6 amide bonds. The predicted molar refractivity (Wildman–Crippen MR) is 209 cm³/mol. The SMILES string of the molecule is CC(C)(N)CC(=O)N[C@@H](CCN)CC(=O)N[C@H](CC(=O)O)C(=O)NC(C)(C)CC(=O)N[C@H](O)CC(=O)N[C@@H](CCCN)CC(=O)N[C@H](CC(=O)O)c1ccc(O)cc1. The van der Waals surface area contributed by atoms with Crippen LogP contribution in [0.1, 0.15) is 104 Å². The smallest absolute Gasteiger partial charge is 0.305 e. The first-order valence-corrected chi connectivity index (χ1v) is 18.8. The summed E-state index contributed by atoms with van der Waals surface area (Å²) in [5, 5.41) is 53.8. The minimum atomic E-state index is -1.70. The summed E-state index contributed by atoms with van der Waals surface area (Å²) < 4.78 is 0. The topological polar surface area (TPSA) is 368 Å². The maximum absolute atomic E-state index is 13.2. The van der Waals surface area contributed by atoms with Crippen molar-refractivity contribution in [3.63, 3.8) is 0 Å². The number of aliphatic hydroxyl groups excluding tert-OH is 1. The van der Waals surface area contributed by atoms with E-state index in [1.807, 2.05) is 0 Å². The number of aliphatic carboxylic acids is 2. The molecule has 1 aromatic rings. The molecule has 0 heterocycles. The zero-order valence-electron chi connectivity index (χ0n) is 33.5. The number of nitrogens with one attached hydrogen (secondary N) is 6. The number of carboxylic acid groups (broad SMARTS) is 2. The lowest BCUT2D eigenvalue weighted by molar-refractivity contribution is -0.141. The highest BCUT2D eigenvalue weighted by Crippen LogP contribution is 2.20. The Hall–Kier alpha value is -5.38. The number of phenols is 1. The lowest BCUT2D eigenvalue weighted by Crippen LogP contribution is -2.56. The van der Waals surface area contributed by atoms with E-state index >= 15 is 0 Å². The van der Waals surface area contributed by atoms with Crippen molar-refractivity contribution in [2.75, 3.05) is 13.1 Å². The van der Waals surface area contributed by atoms with E-state index in [9.17, 15) is 58.8 Å². The highest BCUT2D eigenvalue weighted by atomic mass is 16.4. The van der Waals surface area contributed by atoms with Crippen LogP contribution in [0.4, 0.5) is 0 Å². The summed E-state index contributed by atoms with van der Waals surface area (Å²) in [5.74, 6) is -6.85. The Kier molecular flexibility index (Phi) is 21.3. The van der Waals surface area contributed by atoms with Crippen molar-refractivity contribution in [2.45, 2.75) is 133 Å². The van der Waals surface area contributed by atoms with E-state index in [1.165, 1.54) is 38.1 Å². The van der Waals surface area contributed by atoms with Gasteiger partial charge in [-0.2, -0.15) is 0 Å². The summed E-state index contributed by atoms with van der Waals surface area (Å²) in [6, 6.07) is 1.64. The molecule has 0 bridgehead atoms. The molecule has 21 nitrogen and oxygen atoms in total. The van der Waals surface area contributed by atoms with Crippen molar-refractivity contribution in [1.82, 2.24) is 31.9 Å². The summed E-state index contributed by atoms with van der Waals surface area (Å²) in [6.07, 6.45) is -3.78. The van der Waals surface area contributed by atoms with Gasteiger partial charge < -0.3 is 69.5 Å². The molecule has 326 valence electrons. The van der Waals surface area contributed by atoms with Crippen LogP contribution in [0.5, 0.6) is 5.75 Å². The van der Waals surface area contributed by atoms with E-state index in [0.29, 0.717) is 12.0 Å². The fourth-order valence-corrected chi connectivity index (χ4v) is 5.80. The van der Waals surface area contributed by atoms with Crippen LogP contribution in [0.25, 0.3) is 0 Å². The summed E-state index contributed by atoms with van der Waals surface area (Å²) in [4.78, 5) is 100. The number of amides is 6. The van der Waals surface area contributed by atoms with E-state index in [2.05, 4.69) is 31.9 Å². The number of aromatic hydroxyl groups is 1. The van der Waals surface area contributed by atoms with Gasteiger partial charge in [0.15, 0.2) is 0 Å². The number of carbonyl (C=O) groups is 8. The van der Waals surface area contributed by atoms with Crippen LogP contribution < -0.4 is 49.1 Å². The summed E-state index contributed by atoms with van der Waals surface area (Å²) in [6.45, 7) is 6.53. The molecule has 0 aliphatic rings. The second kappa shape index (κ2) is 24.4. The molecular formula is C37H61N9O12. The summed E-state index contributed by atoms with van der Waals surface area (Å²) in [7, 11) is 0. The maximum Gasteiger partial charge on any atom is 0.305 e. The second-order valence-corrected chi connectivity index (χ2v) is 15.5. The number of rotatable bonds is 27. The highest BCUT2D eigenvalue weighted by molar-refractivity contribution is 5.92. The lowest BCUT2D eigenvalue weighted by Gasteiger charge is -2.29. The Morgan fingerprint density at radius 3 is 1.69 bits per heavy atom. The molecule has 0 saturated heterocycles. The highest BCUT2D eigenvalue weighted by Gasteiger charge is 2.32. The van der Waals surface area contributed by atoms with Crippen LogP contribution in [0.3, 0.4) is 0 Å².